The molecule has 1 aromatic heterocycles. The maximum Gasteiger partial charge on any atom is 0.239 e. The van der Waals surface area contributed by atoms with Crippen LogP contribution in [0.5, 0.6) is 0 Å². The molecule has 2 rings (SSSR count). The first-order valence-corrected chi connectivity index (χ1v) is 7.32. The summed E-state index contributed by atoms with van der Waals surface area (Å²) >= 11 is 11.7. The van der Waals surface area contributed by atoms with Gasteiger partial charge in [0.25, 0.3) is 0 Å². The summed E-state index contributed by atoms with van der Waals surface area (Å²) in [5.41, 5.74) is 0. The van der Waals surface area contributed by atoms with E-state index in [0.29, 0.717) is 28.3 Å². The summed E-state index contributed by atoms with van der Waals surface area (Å²) in [6.45, 7) is 3.24. The third-order valence-electron chi connectivity index (χ3n) is 3.30. The molecule has 1 aliphatic heterocycles. The Balaban J connectivity index is 1.84. The Morgan fingerprint density at radius 1 is 1.55 bits per heavy atom. The number of hydrogen-bond donors (Lipinski definition) is 2. The molecule has 5 nitrogen and oxygen atoms in total. The summed E-state index contributed by atoms with van der Waals surface area (Å²) in [6.07, 6.45) is 2.58. The fourth-order valence-electron chi connectivity index (χ4n) is 2.39. The number of pyridine rings is 1. The molecule has 1 unspecified atom stereocenters. The number of aromatic nitrogens is 1. The van der Waals surface area contributed by atoms with Gasteiger partial charge < -0.3 is 10.6 Å². The van der Waals surface area contributed by atoms with Crippen LogP contribution >= 0.6 is 23.2 Å². The van der Waals surface area contributed by atoms with Crippen LogP contribution in [-0.2, 0) is 4.79 Å². The van der Waals surface area contributed by atoms with Crippen LogP contribution in [0.1, 0.15) is 6.42 Å². The third-order valence-corrected chi connectivity index (χ3v) is 3.79. The molecule has 0 aromatic carbocycles. The van der Waals surface area contributed by atoms with Crippen LogP contribution in [0.3, 0.4) is 0 Å². The molecule has 1 amide bonds. The number of halogens is 2. The van der Waals surface area contributed by atoms with Crippen LogP contribution < -0.4 is 10.6 Å². The van der Waals surface area contributed by atoms with E-state index in [2.05, 4.69) is 20.5 Å². The van der Waals surface area contributed by atoms with Gasteiger partial charge in [0.1, 0.15) is 0 Å². The van der Waals surface area contributed by atoms with Crippen LogP contribution in [-0.4, -0.2) is 49.0 Å². The lowest BCUT2D eigenvalue weighted by Crippen LogP contribution is -2.32. The lowest BCUT2D eigenvalue weighted by Gasteiger charge is -2.15. The monoisotopic (exact) mass is 316 g/mol. The van der Waals surface area contributed by atoms with E-state index < -0.39 is 0 Å². The van der Waals surface area contributed by atoms with E-state index in [1.165, 1.54) is 6.20 Å². The largest absolute Gasteiger partial charge is 0.319 e. The Kier molecular flexibility index (Phi) is 5.60. The van der Waals surface area contributed by atoms with Crippen molar-refractivity contribution in [1.82, 2.24) is 15.2 Å². The van der Waals surface area contributed by atoms with Crippen molar-refractivity contribution in [3.63, 3.8) is 0 Å². The molecule has 1 aliphatic rings. The number of nitrogens with one attached hydrogen (secondary N) is 2. The zero-order valence-corrected chi connectivity index (χ0v) is 12.8. The summed E-state index contributed by atoms with van der Waals surface area (Å²) in [6, 6.07) is 1.56. The summed E-state index contributed by atoms with van der Waals surface area (Å²) in [7, 11) is 1.95. The molecular formula is C13H18Cl2N4O. The molecule has 0 aliphatic carbocycles. The zero-order chi connectivity index (χ0) is 14.5. The molecule has 0 radical (unpaired) electrons. The standard InChI is InChI=1S/C13H18Cl2N4O/c1-16-5-9-2-3-19(7-9)8-12(20)18-13-11(15)4-10(14)6-17-13/h4,6,9,16H,2-3,5,7-8H2,1H3,(H,17,18,20). The van der Waals surface area contributed by atoms with Crippen molar-refractivity contribution in [3.05, 3.63) is 22.3 Å². The number of anilines is 1. The van der Waals surface area contributed by atoms with Crippen molar-refractivity contribution >= 4 is 34.9 Å². The Labute approximate surface area is 128 Å². The van der Waals surface area contributed by atoms with Gasteiger partial charge in [0.15, 0.2) is 5.82 Å². The highest BCUT2D eigenvalue weighted by Gasteiger charge is 2.23. The highest BCUT2D eigenvalue weighted by molar-refractivity contribution is 6.36. The van der Waals surface area contributed by atoms with Crippen molar-refractivity contribution in [2.24, 2.45) is 5.92 Å². The van der Waals surface area contributed by atoms with E-state index >= 15 is 0 Å². The first-order valence-electron chi connectivity index (χ1n) is 6.56. The minimum atomic E-state index is -0.105. The third kappa shape index (κ3) is 4.31. The molecular weight excluding hydrogens is 299 g/mol. The van der Waals surface area contributed by atoms with Crippen molar-refractivity contribution < 1.29 is 4.79 Å². The van der Waals surface area contributed by atoms with E-state index in [0.717, 1.165) is 26.1 Å². The summed E-state index contributed by atoms with van der Waals surface area (Å²) in [5, 5.41) is 6.68. The highest BCUT2D eigenvalue weighted by atomic mass is 35.5. The van der Waals surface area contributed by atoms with Crippen molar-refractivity contribution in [2.75, 3.05) is 38.5 Å². The van der Waals surface area contributed by atoms with Gasteiger partial charge >= 0.3 is 0 Å². The average molecular weight is 317 g/mol. The smallest absolute Gasteiger partial charge is 0.239 e. The SMILES string of the molecule is CNCC1CCN(CC(=O)Nc2ncc(Cl)cc2Cl)C1. The minimum Gasteiger partial charge on any atom is -0.319 e. The minimum absolute atomic E-state index is 0.105. The van der Waals surface area contributed by atoms with E-state index in [9.17, 15) is 4.79 Å². The molecule has 1 atom stereocenters. The van der Waals surface area contributed by atoms with Crippen LogP contribution in [0.25, 0.3) is 0 Å². The first kappa shape index (κ1) is 15.5. The van der Waals surface area contributed by atoms with Crippen molar-refractivity contribution in [3.8, 4) is 0 Å². The molecule has 1 saturated heterocycles. The van der Waals surface area contributed by atoms with Crippen LogP contribution in [0, 0.1) is 5.92 Å². The second kappa shape index (κ2) is 7.22. The molecule has 1 aromatic rings. The Morgan fingerprint density at radius 2 is 2.35 bits per heavy atom. The van der Waals surface area contributed by atoms with Gasteiger partial charge in [0.2, 0.25) is 5.91 Å². The number of hydrogen-bond acceptors (Lipinski definition) is 4. The fraction of sp³-hybridized carbons (Fsp3) is 0.538. The molecule has 0 spiro atoms. The van der Waals surface area contributed by atoms with Gasteiger partial charge in [0.05, 0.1) is 16.6 Å². The van der Waals surface area contributed by atoms with Crippen molar-refractivity contribution in [1.29, 1.82) is 0 Å². The van der Waals surface area contributed by atoms with Crippen LogP contribution in [0.15, 0.2) is 12.3 Å². The molecule has 1 fully saturated rings. The van der Waals surface area contributed by atoms with Crippen LogP contribution in [0.4, 0.5) is 5.82 Å². The van der Waals surface area contributed by atoms with Gasteiger partial charge in [0, 0.05) is 12.7 Å². The van der Waals surface area contributed by atoms with Crippen LogP contribution in [0.2, 0.25) is 10.0 Å². The molecule has 2 N–H and O–H groups in total. The van der Waals surface area contributed by atoms with Gasteiger partial charge in [-0.25, -0.2) is 4.98 Å². The van der Waals surface area contributed by atoms with Gasteiger partial charge in [-0.15, -0.1) is 0 Å². The lowest BCUT2D eigenvalue weighted by atomic mass is 10.1. The second-order valence-corrected chi connectivity index (χ2v) is 5.82. The van der Waals surface area contributed by atoms with E-state index in [1.54, 1.807) is 6.07 Å². The Morgan fingerprint density at radius 3 is 3.05 bits per heavy atom. The molecule has 2 heterocycles. The predicted octanol–water partition coefficient (Wildman–Crippen LogP) is 1.87. The maximum atomic E-state index is 12.0. The van der Waals surface area contributed by atoms with Gasteiger partial charge in [-0.1, -0.05) is 23.2 Å². The summed E-state index contributed by atoms with van der Waals surface area (Å²) in [4.78, 5) is 18.1. The summed E-state index contributed by atoms with van der Waals surface area (Å²) < 4.78 is 0. The lowest BCUT2D eigenvalue weighted by molar-refractivity contribution is -0.117. The number of carbonyl (C=O) groups is 1. The number of rotatable bonds is 5. The van der Waals surface area contributed by atoms with Gasteiger partial charge in [-0.05, 0) is 38.5 Å². The van der Waals surface area contributed by atoms with E-state index in [4.69, 9.17) is 23.2 Å². The maximum absolute atomic E-state index is 12.0. The molecule has 7 heteroatoms. The first-order chi connectivity index (χ1) is 9.58. The number of amides is 1. The number of nitrogens with zero attached hydrogens (tertiary/aromatic N) is 2. The predicted molar refractivity (Wildman–Crippen MR) is 81.4 cm³/mol. The number of likely N-dealkylation sites (tertiary alicyclic amines) is 1. The molecule has 20 heavy (non-hydrogen) atoms. The van der Waals surface area contributed by atoms with E-state index in [-0.39, 0.29) is 5.91 Å². The molecule has 110 valence electrons. The molecule has 0 bridgehead atoms. The molecule has 0 saturated carbocycles. The average Bonchev–Trinajstić information content (AvgIpc) is 2.81. The van der Waals surface area contributed by atoms with Gasteiger partial charge in [-0.2, -0.15) is 0 Å². The number of carbonyl (C=O) groups excluding carboxylic acids is 1. The normalized spacial score (nSPS) is 19.2. The highest BCUT2D eigenvalue weighted by Crippen LogP contribution is 2.22. The quantitative estimate of drug-likeness (QED) is 0.870. The van der Waals surface area contributed by atoms with Crippen molar-refractivity contribution in [2.45, 2.75) is 6.42 Å². The topological polar surface area (TPSA) is 57.3 Å². The summed E-state index contributed by atoms with van der Waals surface area (Å²) in [5.74, 6) is 0.865. The fourth-order valence-corrected chi connectivity index (χ4v) is 2.82. The van der Waals surface area contributed by atoms with Gasteiger partial charge in [-0.3, -0.25) is 9.69 Å². The second-order valence-electron chi connectivity index (χ2n) is 4.98. The van der Waals surface area contributed by atoms with E-state index in [1.807, 2.05) is 7.05 Å². The zero-order valence-electron chi connectivity index (χ0n) is 11.3. The Bertz CT molecular complexity index is 483. The Hall–Kier alpha value is -0.880.